The van der Waals surface area contributed by atoms with Crippen LogP contribution in [0.4, 0.5) is 5.69 Å². The maximum atomic E-state index is 11.8. The minimum Gasteiger partial charge on any atom is -0.274 e. The molecule has 1 aliphatic rings. The predicted octanol–water partition coefficient (Wildman–Crippen LogP) is 0.737. The zero-order valence-electron chi connectivity index (χ0n) is 8.67. The van der Waals surface area contributed by atoms with E-state index >= 15 is 0 Å². The molecule has 0 aromatic heterocycles. The van der Waals surface area contributed by atoms with Gasteiger partial charge in [0, 0.05) is 13.0 Å². The van der Waals surface area contributed by atoms with Crippen molar-refractivity contribution in [2.45, 2.75) is 6.92 Å². The van der Waals surface area contributed by atoms with Crippen LogP contribution in [0.2, 0.25) is 0 Å². The SMILES string of the molecule is CC(=O)N1C(=O)c2cccc([N+](=O)[O-])c2C1=O. The van der Waals surface area contributed by atoms with Gasteiger partial charge in [0.1, 0.15) is 5.56 Å². The van der Waals surface area contributed by atoms with Crippen LogP contribution in [0.25, 0.3) is 0 Å². The first-order chi connectivity index (χ1) is 7.95. The number of imide groups is 3. The molecule has 0 fully saturated rings. The van der Waals surface area contributed by atoms with Gasteiger partial charge in [-0.2, -0.15) is 0 Å². The number of hydrogen-bond acceptors (Lipinski definition) is 5. The minimum absolute atomic E-state index is 0.112. The third-order valence-electron chi connectivity index (χ3n) is 2.40. The third-order valence-corrected chi connectivity index (χ3v) is 2.40. The molecule has 1 heterocycles. The van der Waals surface area contributed by atoms with Gasteiger partial charge >= 0.3 is 0 Å². The molecular formula is C10H6N2O5. The first kappa shape index (κ1) is 10.9. The van der Waals surface area contributed by atoms with Crippen LogP contribution in [-0.4, -0.2) is 27.5 Å². The lowest BCUT2D eigenvalue weighted by atomic mass is 10.1. The Morgan fingerprint density at radius 2 is 1.94 bits per heavy atom. The van der Waals surface area contributed by atoms with Gasteiger partial charge in [-0.1, -0.05) is 6.07 Å². The van der Waals surface area contributed by atoms with Crippen molar-refractivity contribution in [3.05, 3.63) is 39.4 Å². The lowest BCUT2D eigenvalue weighted by molar-refractivity contribution is -0.385. The van der Waals surface area contributed by atoms with Crippen LogP contribution in [-0.2, 0) is 4.79 Å². The molecule has 7 heteroatoms. The highest BCUT2D eigenvalue weighted by Crippen LogP contribution is 2.30. The second-order valence-corrected chi connectivity index (χ2v) is 3.42. The van der Waals surface area contributed by atoms with Crippen LogP contribution in [0, 0.1) is 10.1 Å². The Morgan fingerprint density at radius 1 is 1.29 bits per heavy atom. The molecule has 0 bridgehead atoms. The van der Waals surface area contributed by atoms with Crippen LogP contribution >= 0.6 is 0 Å². The number of nitro groups is 1. The van der Waals surface area contributed by atoms with Gasteiger partial charge in [-0.15, -0.1) is 0 Å². The molecule has 0 atom stereocenters. The van der Waals surface area contributed by atoms with Crippen LogP contribution in [0.15, 0.2) is 18.2 Å². The van der Waals surface area contributed by atoms with E-state index in [0.717, 1.165) is 13.0 Å². The van der Waals surface area contributed by atoms with Gasteiger partial charge in [-0.3, -0.25) is 24.5 Å². The summed E-state index contributed by atoms with van der Waals surface area (Å²) in [5, 5.41) is 10.7. The van der Waals surface area contributed by atoms with Crippen molar-refractivity contribution in [3.63, 3.8) is 0 Å². The number of nitrogens with zero attached hydrogens (tertiary/aromatic N) is 2. The second-order valence-electron chi connectivity index (χ2n) is 3.42. The summed E-state index contributed by atoms with van der Waals surface area (Å²) in [6.45, 7) is 1.05. The van der Waals surface area contributed by atoms with E-state index in [1.54, 1.807) is 0 Å². The van der Waals surface area contributed by atoms with Crippen LogP contribution in [0.5, 0.6) is 0 Å². The molecular weight excluding hydrogens is 228 g/mol. The van der Waals surface area contributed by atoms with Crippen molar-refractivity contribution < 1.29 is 19.3 Å². The Hall–Kier alpha value is -2.57. The van der Waals surface area contributed by atoms with Crippen LogP contribution < -0.4 is 0 Å². The number of hydrogen-bond donors (Lipinski definition) is 0. The highest BCUT2D eigenvalue weighted by molar-refractivity contribution is 6.29. The number of benzene rings is 1. The molecule has 1 aromatic carbocycles. The molecule has 3 amide bonds. The third kappa shape index (κ3) is 1.40. The fraction of sp³-hybridized carbons (Fsp3) is 0.100. The van der Waals surface area contributed by atoms with Gasteiger partial charge in [0.25, 0.3) is 17.5 Å². The zero-order valence-corrected chi connectivity index (χ0v) is 8.67. The minimum atomic E-state index is -0.940. The van der Waals surface area contributed by atoms with Crippen LogP contribution in [0.1, 0.15) is 27.6 Å². The molecule has 0 saturated carbocycles. The first-order valence-electron chi connectivity index (χ1n) is 4.62. The van der Waals surface area contributed by atoms with Gasteiger partial charge in [-0.05, 0) is 6.07 Å². The smallest absolute Gasteiger partial charge is 0.274 e. The van der Waals surface area contributed by atoms with Crippen molar-refractivity contribution >= 4 is 23.4 Å². The number of rotatable bonds is 1. The normalized spacial score (nSPS) is 13.8. The van der Waals surface area contributed by atoms with Gasteiger partial charge in [0.05, 0.1) is 10.5 Å². The highest BCUT2D eigenvalue weighted by Gasteiger charge is 2.42. The maximum Gasteiger partial charge on any atom is 0.283 e. The number of carbonyl (C=O) groups is 3. The predicted molar refractivity (Wildman–Crippen MR) is 54.3 cm³/mol. The van der Waals surface area contributed by atoms with Crippen molar-refractivity contribution in [1.82, 2.24) is 4.90 Å². The monoisotopic (exact) mass is 234 g/mol. The Balaban J connectivity index is 2.70. The molecule has 86 valence electrons. The summed E-state index contributed by atoms with van der Waals surface area (Å²) in [6.07, 6.45) is 0. The van der Waals surface area contributed by atoms with Crippen molar-refractivity contribution in [2.75, 3.05) is 0 Å². The molecule has 2 rings (SSSR count). The average Bonchev–Trinajstić information content (AvgIpc) is 2.51. The summed E-state index contributed by atoms with van der Waals surface area (Å²) < 4.78 is 0. The Morgan fingerprint density at radius 3 is 2.47 bits per heavy atom. The second kappa shape index (κ2) is 3.48. The van der Waals surface area contributed by atoms with E-state index in [9.17, 15) is 24.5 Å². The summed E-state index contributed by atoms with van der Waals surface area (Å²) in [7, 11) is 0. The number of carbonyl (C=O) groups excluding carboxylic acids is 3. The van der Waals surface area contributed by atoms with E-state index in [1.165, 1.54) is 12.1 Å². The summed E-state index contributed by atoms with van der Waals surface area (Å²) in [5.41, 5.74) is -0.901. The summed E-state index contributed by atoms with van der Waals surface area (Å²) in [5.74, 6) is -2.52. The van der Waals surface area contributed by atoms with Crippen molar-refractivity contribution in [2.24, 2.45) is 0 Å². The topological polar surface area (TPSA) is 97.6 Å². The summed E-state index contributed by atoms with van der Waals surface area (Å²) in [6, 6.07) is 3.70. The van der Waals surface area contributed by atoms with Gasteiger partial charge in [-0.25, -0.2) is 4.90 Å². The van der Waals surface area contributed by atoms with E-state index in [4.69, 9.17) is 0 Å². The largest absolute Gasteiger partial charge is 0.283 e. The van der Waals surface area contributed by atoms with Crippen LogP contribution in [0.3, 0.4) is 0 Å². The molecule has 7 nitrogen and oxygen atoms in total. The average molecular weight is 234 g/mol. The lowest BCUT2D eigenvalue weighted by Crippen LogP contribution is -2.34. The van der Waals surface area contributed by atoms with E-state index in [2.05, 4.69) is 0 Å². The van der Waals surface area contributed by atoms with Gasteiger partial charge in [0.15, 0.2) is 0 Å². The Labute approximate surface area is 94.8 Å². The fourth-order valence-corrected chi connectivity index (χ4v) is 1.71. The molecule has 0 aliphatic carbocycles. The molecule has 0 spiro atoms. The lowest BCUT2D eigenvalue weighted by Gasteiger charge is -2.06. The quantitative estimate of drug-likeness (QED) is 0.405. The van der Waals surface area contributed by atoms with Crippen molar-refractivity contribution in [1.29, 1.82) is 0 Å². The van der Waals surface area contributed by atoms with Crippen molar-refractivity contribution in [3.8, 4) is 0 Å². The number of fused-ring (bicyclic) bond motifs is 1. The number of amides is 3. The molecule has 17 heavy (non-hydrogen) atoms. The maximum absolute atomic E-state index is 11.8. The van der Waals surface area contributed by atoms with E-state index in [0.29, 0.717) is 4.90 Å². The molecule has 0 unspecified atom stereocenters. The molecule has 0 N–H and O–H groups in total. The zero-order chi connectivity index (χ0) is 12.7. The van der Waals surface area contributed by atoms with Gasteiger partial charge in [0.2, 0.25) is 5.91 Å². The Kier molecular flexibility index (Phi) is 2.24. The fourth-order valence-electron chi connectivity index (χ4n) is 1.71. The molecule has 0 radical (unpaired) electrons. The molecule has 1 aliphatic heterocycles. The number of nitro benzene ring substituents is 1. The summed E-state index contributed by atoms with van der Waals surface area (Å²) >= 11 is 0. The molecule has 1 aromatic rings. The van der Waals surface area contributed by atoms with E-state index in [-0.39, 0.29) is 11.1 Å². The summed E-state index contributed by atoms with van der Waals surface area (Å²) in [4.78, 5) is 44.9. The first-order valence-corrected chi connectivity index (χ1v) is 4.62. The van der Waals surface area contributed by atoms with E-state index in [1.807, 2.05) is 0 Å². The Bertz CT molecular complexity index is 578. The van der Waals surface area contributed by atoms with Gasteiger partial charge < -0.3 is 0 Å². The highest BCUT2D eigenvalue weighted by atomic mass is 16.6. The standard InChI is InChI=1S/C10H6N2O5/c1-5(13)11-9(14)6-3-2-4-7(12(16)17)8(6)10(11)15/h2-4H,1H3. The molecule has 0 saturated heterocycles. The van der Waals surface area contributed by atoms with E-state index < -0.39 is 28.3 Å².